The average molecular weight is 483 g/mol. The molecule has 0 radical (unpaired) electrons. The van der Waals surface area contributed by atoms with Crippen molar-refractivity contribution in [2.75, 3.05) is 19.6 Å². The molecule has 3 heterocycles. The van der Waals surface area contributed by atoms with Crippen molar-refractivity contribution in [3.63, 3.8) is 0 Å². The number of halogens is 1. The summed E-state index contributed by atoms with van der Waals surface area (Å²) in [4.78, 5) is 38.5. The van der Waals surface area contributed by atoms with Crippen molar-refractivity contribution < 1.29 is 14.0 Å². The normalized spacial score (nSPS) is 20.7. The number of pyridine rings is 1. The number of aliphatic imine (C=N–C) groups is 1. The number of fused-ring (bicyclic) bond motifs is 1. The Balaban J connectivity index is 1.17. The molecule has 1 saturated heterocycles. The maximum Gasteiger partial charge on any atom is 0.256 e. The van der Waals surface area contributed by atoms with Gasteiger partial charge in [0.05, 0.1) is 11.1 Å². The van der Waals surface area contributed by atoms with E-state index < -0.39 is 11.4 Å². The lowest BCUT2D eigenvalue weighted by Crippen LogP contribution is -2.55. The van der Waals surface area contributed by atoms with E-state index in [1.165, 1.54) is 6.07 Å². The minimum atomic E-state index is -0.702. The van der Waals surface area contributed by atoms with Gasteiger partial charge in [-0.3, -0.25) is 24.5 Å². The summed E-state index contributed by atoms with van der Waals surface area (Å²) in [7, 11) is 0. The summed E-state index contributed by atoms with van der Waals surface area (Å²) in [5.41, 5.74) is 3.14. The minimum absolute atomic E-state index is 0.0246. The first-order valence-corrected chi connectivity index (χ1v) is 12.8. The van der Waals surface area contributed by atoms with Gasteiger partial charge in [-0.1, -0.05) is 24.3 Å². The van der Waals surface area contributed by atoms with Crippen LogP contribution in [0.25, 0.3) is 22.0 Å². The van der Waals surface area contributed by atoms with Crippen LogP contribution in [0.3, 0.4) is 0 Å². The van der Waals surface area contributed by atoms with Gasteiger partial charge in [-0.25, -0.2) is 4.39 Å². The van der Waals surface area contributed by atoms with Crippen LogP contribution in [0.5, 0.6) is 0 Å². The van der Waals surface area contributed by atoms with Crippen molar-refractivity contribution in [3.8, 4) is 11.1 Å². The molecule has 0 unspecified atom stereocenters. The Bertz CT molecular complexity index is 1470. The van der Waals surface area contributed by atoms with Gasteiger partial charge in [-0.05, 0) is 68.0 Å². The summed E-state index contributed by atoms with van der Waals surface area (Å²) >= 11 is 0. The summed E-state index contributed by atoms with van der Waals surface area (Å²) in [6.45, 7) is 3.75. The highest BCUT2D eigenvalue weighted by Crippen LogP contribution is 2.46. The Morgan fingerprint density at radius 1 is 1.08 bits per heavy atom. The number of likely N-dealkylation sites (tertiary alicyclic amines) is 1. The molecule has 0 bridgehead atoms. The SMILES string of the molecule is Cc1ccc2c(-c3ccc(C4=NC5(CC5)C(=O)N4CC4CN(C(=O)C5CC5)C4)c(F)c3)cccc2n1. The van der Waals surface area contributed by atoms with E-state index in [2.05, 4.69) is 4.98 Å². The lowest BCUT2D eigenvalue weighted by atomic mass is 9.97. The second kappa shape index (κ2) is 7.69. The smallest absolute Gasteiger partial charge is 0.256 e. The van der Waals surface area contributed by atoms with Gasteiger partial charge in [0.2, 0.25) is 5.91 Å². The molecule has 7 heteroatoms. The molecule has 2 aromatic carbocycles. The van der Waals surface area contributed by atoms with Gasteiger partial charge < -0.3 is 4.90 Å². The van der Waals surface area contributed by atoms with Crippen LogP contribution in [0.15, 0.2) is 53.5 Å². The van der Waals surface area contributed by atoms with E-state index >= 15 is 4.39 Å². The molecule has 2 aliphatic carbocycles. The molecule has 0 atom stereocenters. The first-order chi connectivity index (χ1) is 17.4. The van der Waals surface area contributed by atoms with Gasteiger partial charge in [-0.2, -0.15) is 0 Å². The van der Waals surface area contributed by atoms with E-state index in [4.69, 9.17) is 4.99 Å². The van der Waals surface area contributed by atoms with Crippen LogP contribution in [0.2, 0.25) is 0 Å². The molecular formula is C29H27FN4O2. The highest BCUT2D eigenvalue weighted by atomic mass is 19.1. The topological polar surface area (TPSA) is 65.9 Å². The largest absolute Gasteiger partial charge is 0.342 e. The molecule has 2 amide bonds. The third-order valence-electron chi connectivity index (χ3n) is 7.97. The van der Waals surface area contributed by atoms with Crippen LogP contribution < -0.4 is 0 Å². The third-order valence-corrected chi connectivity index (χ3v) is 7.97. The molecule has 3 aromatic rings. The Hall–Kier alpha value is -3.61. The molecular weight excluding hydrogens is 455 g/mol. The second-order valence-electron chi connectivity index (χ2n) is 10.8. The van der Waals surface area contributed by atoms with Crippen molar-refractivity contribution >= 4 is 28.6 Å². The molecule has 36 heavy (non-hydrogen) atoms. The number of aromatic nitrogens is 1. The zero-order valence-electron chi connectivity index (χ0n) is 20.2. The average Bonchev–Trinajstić information content (AvgIpc) is 3.76. The van der Waals surface area contributed by atoms with E-state index in [0.717, 1.165) is 40.6 Å². The van der Waals surface area contributed by atoms with Crippen LogP contribution in [0.4, 0.5) is 4.39 Å². The van der Waals surface area contributed by atoms with E-state index in [1.54, 1.807) is 11.0 Å². The molecule has 182 valence electrons. The quantitative estimate of drug-likeness (QED) is 0.544. The summed E-state index contributed by atoms with van der Waals surface area (Å²) in [6, 6.07) is 15.0. The molecule has 0 N–H and O–H groups in total. The number of rotatable bonds is 5. The maximum atomic E-state index is 15.6. The van der Waals surface area contributed by atoms with Crippen molar-refractivity contribution in [2.24, 2.45) is 16.8 Å². The van der Waals surface area contributed by atoms with Crippen LogP contribution in [0, 0.1) is 24.6 Å². The fraction of sp³-hybridized carbons (Fsp3) is 0.379. The maximum absolute atomic E-state index is 15.6. The monoisotopic (exact) mass is 482 g/mol. The Morgan fingerprint density at radius 3 is 2.61 bits per heavy atom. The van der Waals surface area contributed by atoms with Gasteiger partial charge in [0, 0.05) is 42.6 Å². The zero-order chi connectivity index (χ0) is 24.6. The second-order valence-corrected chi connectivity index (χ2v) is 10.8. The van der Waals surface area contributed by atoms with Crippen LogP contribution in [-0.4, -0.2) is 57.6 Å². The number of aryl methyl sites for hydroxylation is 1. The van der Waals surface area contributed by atoms with Crippen molar-refractivity contribution in [3.05, 3.63) is 65.6 Å². The number of carbonyl (C=O) groups is 2. The molecule has 1 aromatic heterocycles. The molecule has 1 spiro atoms. The van der Waals surface area contributed by atoms with Gasteiger partial charge >= 0.3 is 0 Å². The molecule has 2 aliphatic heterocycles. The molecule has 7 rings (SSSR count). The molecule has 4 aliphatic rings. The minimum Gasteiger partial charge on any atom is -0.342 e. The van der Waals surface area contributed by atoms with Crippen molar-refractivity contribution in [1.82, 2.24) is 14.8 Å². The highest BCUT2D eigenvalue weighted by Gasteiger charge is 2.58. The fourth-order valence-electron chi connectivity index (χ4n) is 5.56. The van der Waals surface area contributed by atoms with E-state index in [-0.39, 0.29) is 23.7 Å². The van der Waals surface area contributed by atoms with Crippen LogP contribution in [0.1, 0.15) is 36.9 Å². The van der Waals surface area contributed by atoms with Crippen LogP contribution in [-0.2, 0) is 9.59 Å². The van der Waals surface area contributed by atoms with Crippen LogP contribution >= 0.6 is 0 Å². The van der Waals surface area contributed by atoms with Gasteiger partial charge in [-0.15, -0.1) is 0 Å². The summed E-state index contributed by atoms with van der Waals surface area (Å²) in [5, 5.41) is 0.970. The lowest BCUT2D eigenvalue weighted by Gasteiger charge is -2.41. The lowest BCUT2D eigenvalue weighted by molar-refractivity contribution is -0.139. The number of nitrogens with zero attached hydrogens (tertiary/aromatic N) is 4. The third kappa shape index (κ3) is 3.44. The summed E-state index contributed by atoms with van der Waals surface area (Å²) < 4.78 is 15.6. The highest BCUT2D eigenvalue weighted by molar-refractivity contribution is 6.16. The zero-order valence-corrected chi connectivity index (χ0v) is 20.2. The molecule has 6 nitrogen and oxygen atoms in total. The first kappa shape index (κ1) is 21.7. The predicted octanol–water partition coefficient (Wildman–Crippen LogP) is 4.34. The number of hydrogen-bond donors (Lipinski definition) is 0. The number of amidine groups is 1. The molecule has 3 fully saturated rings. The van der Waals surface area contributed by atoms with Crippen molar-refractivity contribution in [1.29, 1.82) is 0 Å². The first-order valence-electron chi connectivity index (χ1n) is 12.8. The van der Waals surface area contributed by atoms with E-state index in [9.17, 15) is 9.59 Å². The summed E-state index contributed by atoms with van der Waals surface area (Å²) in [5.74, 6) is 0.669. The van der Waals surface area contributed by atoms with E-state index in [1.807, 2.05) is 48.2 Å². The number of carbonyl (C=O) groups excluding carboxylic acids is 2. The number of amides is 2. The predicted molar refractivity (Wildman–Crippen MR) is 135 cm³/mol. The van der Waals surface area contributed by atoms with Gasteiger partial charge in [0.15, 0.2) is 0 Å². The Morgan fingerprint density at radius 2 is 1.89 bits per heavy atom. The Kier molecular flexibility index (Phi) is 4.63. The Labute approximate surface area is 208 Å². The number of hydrogen-bond acceptors (Lipinski definition) is 4. The summed E-state index contributed by atoms with van der Waals surface area (Å²) in [6.07, 6.45) is 3.41. The van der Waals surface area contributed by atoms with Crippen molar-refractivity contribution in [2.45, 2.75) is 38.1 Å². The fourth-order valence-corrected chi connectivity index (χ4v) is 5.56. The standard InChI is InChI=1S/C29H27FN4O2/c1-17-5-9-22-21(3-2-4-25(22)31-17)20-8-10-23(24(30)13-20)26-32-29(11-12-29)28(36)34(26)16-18-14-33(15-18)27(35)19-6-7-19/h2-5,8-10,13,18-19H,6-7,11-12,14-16H2,1H3. The molecule has 2 saturated carbocycles. The van der Waals surface area contributed by atoms with Gasteiger partial charge in [0.1, 0.15) is 17.2 Å². The van der Waals surface area contributed by atoms with Gasteiger partial charge in [0.25, 0.3) is 5.91 Å². The number of benzene rings is 2. The van der Waals surface area contributed by atoms with E-state index in [0.29, 0.717) is 43.9 Å².